The van der Waals surface area contributed by atoms with E-state index in [0.717, 1.165) is 11.3 Å². The molecule has 5 heteroatoms. The van der Waals surface area contributed by atoms with Crippen molar-refractivity contribution in [3.63, 3.8) is 0 Å². The van der Waals surface area contributed by atoms with E-state index in [-0.39, 0.29) is 12.4 Å². The van der Waals surface area contributed by atoms with Crippen molar-refractivity contribution in [1.29, 1.82) is 0 Å². The first-order valence-electron chi connectivity index (χ1n) is 5.29. The largest absolute Gasteiger partial charge is 0.484 e. The Morgan fingerprint density at radius 2 is 2.24 bits per heavy atom. The molecule has 0 spiro atoms. The summed E-state index contributed by atoms with van der Waals surface area (Å²) >= 11 is 0. The number of ether oxygens (including phenoxy) is 1. The number of nitrogens with zero attached hydrogens (tertiary/aromatic N) is 2. The van der Waals surface area contributed by atoms with Gasteiger partial charge >= 0.3 is 0 Å². The van der Waals surface area contributed by atoms with E-state index < -0.39 is 5.82 Å². The van der Waals surface area contributed by atoms with Crippen LogP contribution in [0.3, 0.4) is 0 Å². The molecule has 0 atom stereocenters. The minimum Gasteiger partial charge on any atom is -0.484 e. The van der Waals surface area contributed by atoms with Gasteiger partial charge in [0.1, 0.15) is 6.61 Å². The predicted molar refractivity (Wildman–Crippen MR) is 61.8 cm³/mol. The Morgan fingerprint density at radius 3 is 2.82 bits per heavy atom. The van der Waals surface area contributed by atoms with E-state index in [1.54, 1.807) is 16.8 Å². The van der Waals surface area contributed by atoms with Crippen LogP contribution in [0.1, 0.15) is 11.3 Å². The van der Waals surface area contributed by atoms with Crippen molar-refractivity contribution in [2.75, 3.05) is 0 Å². The van der Waals surface area contributed by atoms with Gasteiger partial charge in [-0.25, -0.2) is 4.39 Å². The molecule has 0 saturated heterocycles. The number of halogens is 1. The zero-order chi connectivity index (χ0) is 12.3. The van der Waals surface area contributed by atoms with E-state index in [4.69, 9.17) is 10.5 Å². The van der Waals surface area contributed by atoms with Crippen molar-refractivity contribution in [3.05, 3.63) is 47.5 Å². The van der Waals surface area contributed by atoms with Crippen LogP contribution in [0.2, 0.25) is 0 Å². The third kappa shape index (κ3) is 2.82. The molecule has 1 heterocycles. The summed E-state index contributed by atoms with van der Waals surface area (Å²) in [4.78, 5) is 0. The Morgan fingerprint density at radius 1 is 1.41 bits per heavy atom. The lowest BCUT2D eigenvalue weighted by molar-refractivity contribution is 0.284. The lowest BCUT2D eigenvalue weighted by Crippen LogP contribution is -2.01. The number of benzene rings is 1. The van der Waals surface area contributed by atoms with Gasteiger partial charge in [0.25, 0.3) is 0 Å². The highest BCUT2D eigenvalue weighted by Crippen LogP contribution is 2.19. The summed E-state index contributed by atoms with van der Waals surface area (Å²) in [5.74, 6) is -0.184. The predicted octanol–water partition coefficient (Wildman–Crippen LogP) is 1.60. The van der Waals surface area contributed by atoms with Gasteiger partial charge < -0.3 is 10.5 Å². The summed E-state index contributed by atoms with van der Waals surface area (Å²) in [5.41, 5.74) is 6.92. The Labute approximate surface area is 98.8 Å². The molecule has 0 aliphatic rings. The monoisotopic (exact) mass is 235 g/mol. The average molecular weight is 235 g/mol. The third-order valence-corrected chi connectivity index (χ3v) is 2.38. The number of hydrogen-bond donors (Lipinski definition) is 1. The molecule has 0 fully saturated rings. The molecule has 17 heavy (non-hydrogen) atoms. The van der Waals surface area contributed by atoms with Crippen LogP contribution in [0.5, 0.6) is 5.75 Å². The van der Waals surface area contributed by atoms with Gasteiger partial charge in [0, 0.05) is 19.8 Å². The van der Waals surface area contributed by atoms with Gasteiger partial charge in [-0.05, 0) is 23.8 Å². The van der Waals surface area contributed by atoms with Crippen molar-refractivity contribution in [1.82, 2.24) is 9.78 Å². The van der Waals surface area contributed by atoms with Gasteiger partial charge in [-0.3, -0.25) is 4.68 Å². The van der Waals surface area contributed by atoms with E-state index in [9.17, 15) is 4.39 Å². The highest BCUT2D eigenvalue weighted by molar-refractivity contribution is 5.29. The van der Waals surface area contributed by atoms with Gasteiger partial charge in [0.15, 0.2) is 11.6 Å². The SMILES string of the molecule is Cn1ccc(COc2ccc(CN)cc2F)n1. The fraction of sp³-hybridized carbons (Fsp3) is 0.250. The minimum absolute atomic E-state index is 0.216. The molecule has 1 aromatic carbocycles. The topological polar surface area (TPSA) is 53.1 Å². The maximum atomic E-state index is 13.5. The second-order valence-electron chi connectivity index (χ2n) is 3.74. The molecule has 0 amide bonds. The van der Waals surface area contributed by atoms with Crippen LogP contribution in [0, 0.1) is 5.82 Å². The van der Waals surface area contributed by atoms with Crippen molar-refractivity contribution in [3.8, 4) is 5.75 Å². The molecule has 0 radical (unpaired) electrons. The summed E-state index contributed by atoms with van der Waals surface area (Å²) in [6.45, 7) is 0.567. The Bertz CT molecular complexity index is 510. The van der Waals surface area contributed by atoms with Crippen LogP contribution in [0.15, 0.2) is 30.5 Å². The molecular weight excluding hydrogens is 221 g/mol. The fourth-order valence-electron chi connectivity index (χ4n) is 1.48. The highest BCUT2D eigenvalue weighted by Gasteiger charge is 2.05. The van der Waals surface area contributed by atoms with Crippen LogP contribution in [-0.4, -0.2) is 9.78 Å². The molecule has 0 unspecified atom stereocenters. The van der Waals surface area contributed by atoms with E-state index in [1.807, 2.05) is 19.3 Å². The van der Waals surface area contributed by atoms with Crippen molar-refractivity contribution >= 4 is 0 Å². The molecule has 0 saturated carbocycles. The summed E-state index contributed by atoms with van der Waals surface area (Å²) in [7, 11) is 1.82. The number of nitrogens with two attached hydrogens (primary N) is 1. The van der Waals surface area contributed by atoms with Crippen LogP contribution in [-0.2, 0) is 20.2 Å². The Kier molecular flexibility index (Phi) is 3.39. The van der Waals surface area contributed by atoms with E-state index in [2.05, 4.69) is 5.10 Å². The van der Waals surface area contributed by atoms with Crippen LogP contribution < -0.4 is 10.5 Å². The van der Waals surface area contributed by atoms with Gasteiger partial charge in [-0.2, -0.15) is 5.10 Å². The normalized spacial score (nSPS) is 10.5. The molecule has 90 valence electrons. The Hall–Kier alpha value is -1.88. The molecule has 0 bridgehead atoms. The van der Waals surface area contributed by atoms with Crippen LogP contribution in [0.4, 0.5) is 4.39 Å². The molecule has 0 aliphatic heterocycles. The molecular formula is C12H14FN3O. The smallest absolute Gasteiger partial charge is 0.165 e. The third-order valence-electron chi connectivity index (χ3n) is 2.38. The maximum Gasteiger partial charge on any atom is 0.165 e. The van der Waals surface area contributed by atoms with Crippen molar-refractivity contribution < 1.29 is 9.13 Å². The second kappa shape index (κ2) is 4.97. The molecule has 4 nitrogen and oxygen atoms in total. The van der Waals surface area contributed by atoms with E-state index in [1.165, 1.54) is 6.07 Å². The molecule has 2 N–H and O–H groups in total. The van der Waals surface area contributed by atoms with Gasteiger partial charge in [-0.1, -0.05) is 6.07 Å². The lowest BCUT2D eigenvalue weighted by Gasteiger charge is -2.06. The molecule has 1 aromatic heterocycles. The number of aryl methyl sites for hydroxylation is 1. The van der Waals surface area contributed by atoms with Gasteiger partial charge in [0.2, 0.25) is 0 Å². The van der Waals surface area contributed by atoms with Crippen LogP contribution in [0.25, 0.3) is 0 Å². The summed E-state index contributed by atoms with van der Waals surface area (Å²) in [6.07, 6.45) is 1.81. The minimum atomic E-state index is -0.399. The molecule has 2 aromatic rings. The van der Waals surface area contributed by atoms with Crippen molar-refractivity contribution in [2.45, 2.75) is 13.2 Å². The first-order chi connectivity index (χ1) is 8.19. The maximum absolute atomic E-state index is 13.5. The number of aromatic nitrogens is 2. The number of rotatable bonds is 4. The zero-order valence-electron chi connectivity index (χ0n) is 9.56. The van der Waals surface area contributed by atoms with E-state index in [0.29, 0.717) is 6.54 Å². The lowest BCUT2D eigenvalue weighted by atomic mass is 10.2. The Balaban J connectivity index is 2.04. The molecule has 0 aliphatic carbocycles. The first kappa shape index (κ1) is 11.6. The molecule has 2 rings (SSSR count). The summed E-state index contributed by atoms with van der Waals surface area (Å²) in [5, 5.41) is 4.14. The first-order valence-corrected chi connectivity index (χ1v) is 5.29. The highest BCUT2D eigenvalue weighted by atomic mass is 19.1. The second-order valence-corrected chi connectivity index (χ2v) is 3.74. The number of hydrogen-bond acceptors (Lipinski definition) is 3. The van der Waals surface area contributed by atoms with Crippen LogP contribution >= 0.6 is 0 Å². The zero-order valence-corrected chi connectivity index (χ0v) is 9.56. The van der Waals surface area contributed by atoms with Crippen molar-refractivity contribution in [2.24, 2.45) is 12.8 Å². The summed E-state index contributed by atoms with van der Waals surface area (Å²) in [6, 6.07) is 6.54. The standard InChI is InChI=1S/C12H14FN3O/c1-16-5-4-10(15-16)8-17-12-3-2-9(7-14)6-11(12)13/h2-6H,7-8,14H2,1H3. The fourth-order valence-corrected chi connectivity index (χ4v) is 1.48. The van der Waals surface area contributed by atoms with Gasteiger partial charge in [0.05, 0.1) is 5.69 Å². The quantitative estimate of drug-likeness (QED) is 0.875. The summed E-state index contributed by atoms with van der Waals surface area (Å²) < 4.78 is 20.6. The average Bonchev–Trinajstić information content (AvgIpc) is 2.73. The van der Waals surface area contributed by atoms with Gasteiger partial charge in [-0.15, -0.1) is 0 Å². The van der Waals surface area contributed by atoms with E-state index >= 15 is 0 Å².